The van der Waals surface area contributed by atoms with Crippen LogP contribution in [0.4, 0.5) is 0 Å². The lowest BCUT2D eigenvalue weighted by molar-refractivity contribution is -0.143. The standard InChI is InChI=1S/C25H44N4O5S/c1-17(2)19(30)15-18(23(33)27-13-12-26-6)28(7)21(31)11-9-8-10-14-35-20-16-22(32)29(24(20)34)25(3,4)5/h17-18,20,26H,8-16H2,1-7H3,(H,27,33). The van der Waals surface area contributed by atoms with Crippen LogP contribution in [-0.2, 0) is 24.0 Å². The highest BCUT2D eigenvalue weighted by atomic mass is 32.2. The number of thioether (sulfide) groups is 1. The van der Waals surface area contributed by atoms with E-state index in [1.54, 1.807) is 27.9 Å². The fourth-order valence-electron chi connectivity index (χ4n) is 3.83. The summed E-state index contributed by atoms with van der Waals surface area (Å²) >= 11 is 1.51. The molecule has 1 rings (SSSR count). The van der Waals surface area contributed by atoms with Gasteiger partial charge < -0.3 is 15.5 Å². The molecule has 2 unspecified atom stereocenters. The predicted molar refractivity (Wildman–Crippen MR) is 139 cm³/mol. The largest absolute Gasteiger partial charge is 0.353 e. The van der Waals surface area contributed by atoms with Crippen LogP contribution >= 0.6 is 11.8 Å². The van der Waals surface area contributed by atoms with Crippen molar-refractivity contribution < 1.29 is 24.0 Å². The normalized spacial score (nSPS) is 17.1. The summed E-state index contributed by atoms with van der Waals surface area (Å²) in [5.41, 5.74) is -0.503. The number of hydrogen-bond acceptors (Lipinski definition) is 7. The molecule has 1 heterocycles. The number of carbonyl (C=O) groups is 5. The van der Waals surface area contributed by atoms with Crippen molar-refractivity contribution in [1.82, 2.24) is 20.4 Å². The Balaban J connectivity index is 2.47. The van der Waals surface area contributed by atoms with Crippen LogP contribution in [0.1, 0.15) is 73.1 Å². The second kappa shape index (κ2) is 14.6. The van der Waals surface area contributed by atoms with E-state index in [0.717, 1.165) is 18.6 Å². The zero-order valence-corrected chi connectivity index (χ0v) is 23.3. The van der Waals surface area contributed by atoms with Crippen LogP contribution in [-0.4, -0.2) is 89.0 Å². The molecule has 2 N–H and O–H groups in total. The van der Waals surface area contributed by atoms with Gasteiger partial charge in [-0.05, 0) is 46.4 Å². The summed E-state index contributed by atoms with van der Waals surface area (Å²) in [6, 6.07) is -0.818. The van der Waals surface area contributed by atoms with Crippen molar-refractivity contribution in [2.24, 2.45) is 5.92 Å². The SMILES string of the molecule is CNCCNC(=O)C(CC(=O)C(C)C)N(C)C(=O)CCCCCSC1CC(=O)N(C(C)(C)C)C1=O. The van der Waals surface area contributed by atoms with Gasteiger partial charge in [0.1, 0.15) is 11.8 Å². The summed E-state index contributed by atoms with van der Waals surface area (Å²) in [4.78, 5) is 65.2. The fraction of sp³-hybridized carbons (Fsp3) is 0.800. The Bertz CT molecular complexity index is 765. The quantitative estimate of drug-likeness (QED) is 0.255. The predicted octanol–water partition coefficient (Wildman–Crippen LogP) is 1.98. The summed E-state index contributed by atoms with van der Waals surface area (Å²) < 4.78 is 0. The number of likely N-dealkylation sites (tertiary alicyclic amines) is 1. The maximum Gasteiger partial charge on any atom is 0.243 e. The van der Waals surface area contributed by atoms with Crippen LogP contribution in [0.25, 0.3) is 0 Å². The molecule has 0 aromatic heterocycles. The summed E-state index contributed by atoms with van der Waals surface area (Å²) in [6.45, 7) is 10.2. The third-order valence-electron chi connectivity index (χ3n) is 6.01. The molecular weight excluding hydrogens is 468 g/mol. The van der Waals surface area contributed by atoms with E-state index in [-0.39, 0.29) is 59.8 Å². The smallest absolute Gasteiger partial charge is 0.243 e. The Labute approximate surface area is 214 Å². The number of rotatable bonds is 15. The highest BCUT2D eigenvalue weighted by Crippen LogP contribution is 2.31. The van der Waals surface area contributed by atoms with Crippen molar-refractivity contribution in [3.05, 3.63) is 0 Å². The molecule has 0 saturated carbocycles. The van der Waals surface area contributed by atoms with Crippen LogP contribution in [0.5, 0.6) is 0 Å². The Morgan fingerprint density at radius 3 is 2.31 bits per heavy atom. The van der Waals surface area contributed by atoms with Crippen molar-refractivity contribution in [2.45, 2.75) is 90.0 Å². The highest BCUT2D eigenvalue weighted by Gasteiger charge is 2.44. The monoisotopic (exact) mass is 512 g/mol. The van der Waals surface area contributed by atoms with E-state index in [9.17, 15) is 24.0 Å². The van der Waals surface area contributed by atoms with Crippen LogP contribution in [0.3, 0.4) is 0 Å². The Kier molecular flexibility index (Phi) is 13.0. The molecule has 1 fully saturated rings. The molecule has 0 aliphatic carbocycles. The molecule has 200 valence electrons. The molecule has 9 nitrogen and oxygen atoms in total. The van der Waals surface area contributed by atoms with Crippen molar-refractivity contribution in [1.29, 1.82) is 0 Å². The number of likely N-dealkylation sites (N-methyl/N-ethyl adjacent to an activating group) is 2. The third kappa shape index (κ3) is 9.91. The van der Waals surface area contributed by atoms with Gasteiger partial charge in [0.25, 0.3) is 0 Å². The average molecular weight is 513 g/mol. The molecule has 4 amide bonds. The Morgan fingerprint density at radius 1 is 1.11 bits per heavy atom. The Morgan fingerprint density at radius 2 is 1.77 bits per heavy atom. The molecule has 10 heteroatoms. The minimum atomic E-state index is -0.818. The van der Waals surface area contributed by atoms with Gasteiger partial charge in [0.2, 0.25) is 23.6 Å². The van der Waals surface area contributed by atoms with Crippen LogP contribution in [0, 0.1) is 5.92 Å². The van der Waals surface area contributed by atoms with Crippen molar-refractivity contribution in [3.63, 3.8) is 0 Å². The van der Waals surface area contributed by atoms with Gasteiger partial charge in [0.05, 0.1) is 5.25 Å². The highest BCUT2D eigenvalue weighted by molar-refractivity contribution is 8.00. The van der Waals surface area contributed by atoms with Crippen LogP contribution in [0.2, 0.25) is 0 Å². The molecular formula is C25H44N4O5S. The number of amides is 4. The summed E-state index contributed by atoms with van der Waals surface area (Å²) in [6.07, 6.45) is 2.82. The lowest BCUT2D eigenvalue weighted by Crippen LogP contribution is -2.50. The minimum Gasteiger partial charge on any atom is -0.353 e. The summed E-state index contributed by atoms with van der Waals surface area (Å²) in [5.74, 6) is -0.234. The topological polar surface area (TPSA) is 116 Å². The first-order chi connectivity index (χ1) is 16.3. The maximum absolute atomic E-state index is 12.8. The van der Waals surface area contributed by atoms with Gasteiger partial charge in [-0.2, -0.15) is 0 Å². The van der Waals surface area contributed by atoms with E-state index >= 15 is 0 Å². The number of nitrogens with one attached hydrogen (secondary N) is 2. The lowest BCUT2D eigenvalue weighted by Gasteiger charge is -2.30. The molecule has 1 aliphatic heterocycles. The van der Waals surface area contributed by atoms with Crippen molar-refractivity contribution in [2.75, 3.05) is 32.9 Å². The lowest BCUT2D eigenvalue weighted by atomic mass is 9.99. The first-order valence-corrected chi connectivity index (χ1v) is 13.5. The fourth-order valence-corrected chi connectivity index (χ4v) is 4.99. The maximum atomic E-state index is 12.8. The van der Waals surface area contributed by atoms with E-state index in [2.05, 4.69) is 10.6 Å². The zero-order valence-electron chi connectivity index (χ0n) is 22.4. The van der Waals surface area contributed by atoms with Crippen molar-refractivity contribution in [3.8, 4) is 0 Å². The number of carbonyl (C=O) groups excluding carboxylic acids is 5. The molecule has 0 radical (unpaired) electrons. The number of nitrogens with zero attached hydrogens (tertiary/aromatic N) is 2. The van der Waals surface area contributed by atoms with Crippen LogP contribution < -0.4 is 10.6 Å². The molecule has 0 aromatic carbocycles. The molecule has 1 saturated heterocycles. The van der Waals surface area contributed by atoms with E-state index < -0.39 is 11.6 Å². The summed E-state index contributed by atoms with van der Waals surface area (Å²) in [5, 5.41) is 5.41. The third-order valence-corrected chi connectivity index (χ3v) is 7.30. The van der Waals surface area contributed by atoms with Gasteiger partial charge in [-0.1, -0.05) is 20.3 Å². The van der Waals surface area contributed by atoms with Gasteiger partial charge in [0, 0.05) is 50.9 Å². The molecule has 1 aliphatic rings. The second-order valence-corrected chi connectivity index (χ2v) is 11.7. The van der Waals surface area contributed by atoms with Gasteiger partial charge >= 0.3 is 0 Å². The number of imide groups is 1. The summed E-state index contributed by atoms with van der Waals surface area (Å²) in [7, 11) is 3.36. The number of unbranched alkanes of at least 4 members (excludes halogenated alkanes) is 2. The molecule has 2 atom stereocenters. The number of ketones is 1. The number of Topliss-reactive ketones (excluding diaryl/α,β-unsaturated/α-hetero) is 1. The van der Waals surface area contributed by atoms with E-state index in [1.165, 1.54) is 21.6 Å². The molecule has 0 spiro atoms. The zero-order chi connectivity index (χ0) is 26.8. The van der Waals surface area contributed by atoms with E-state index in [1.807, 2.05) is 20.8 Å². The van der Waals surface area contributed by atoms with Gasteiger partial charge in [-0.3, -0.25) is 28.9 Å². The first-order valence-electron chi connectivity index (χ1n) is 12.5. The van der Waals surface area contributed by atoms with Gasteiger partial charge in [0.15, 0.2) is 0 Å². The molecule has 0 aromatic rings. The minimum absolute atomic E-state index is 0.00164. The van der Waals surface area contributed by atoms with E-state index in [0.29, 0.717) is 19.5 Å². The average Bonchev–Trinajstić information content (AvgIpc) is 3.06. The van der Waals surface area contributed by atoms with Gasteiger partial charge in [-0.25, -0.2) is 0 Å². The molecule has 35 heavy (non-hydrogen) atoms. The van der Waals surface area contributed by atoms with Gasteiger partial charge in [-0.15, -0.1) is 11.8 Å². The Hall–Kier alpha value is -1.94. The first kappa shape index (κ1) is 31.1. The second-order valence-electron chi connectivity index (χ2n) is 10.4. The van der Waals surface area contributed by atoms with Crippen LogP contribution in [0.15, 0.2) is 0 Å². The number of hydrogen-bond donors (Lipinski definition) is 2. The van der Waals surface area contributed by atoms with Crippen molar-refractivity contribution >= 4 is 41.2 Å². The molecule has 0 bridgehead atoms. The van der Waals surface area contributed by atoms with E-state index in [4.69, 9.17) is 0 Å².